The topological polar surface area (TPSA) is 38.7 Å². The molecule has 0 saturated heterocycles. The zero-order valence-electron chi connectivity index (χ0n) is 12.2. The van der Waals surface area contributed by atoms with E-state index in [1.165, 1.54) is 11.1 Å². The van der Waals surface area contributed by atoms with Crippen molar-refractivity contribution in [3.63, 3.8) is 0 Å². The second-order valence-electron chi connectivity index (χ2n) is 5.48. The number of hydrogen-bond acceptors (Lipinski definition) is 3. The SMILES string of the molecule is Cc1cccc(C(CO)Cc2ccc3c(c2)OCCO3)c1. The molecule has 0 bridgehead atoms. The van der Waals surface area contributed by atoms with Crippen molar-refractivity contribution in [2.75, 3.05) is 19.8 Å². The minimum absolute atomic E-state index is 0.104. The Balaban J connectivity index is 1.81. The average molecular weight is 284 g/mol. The highest BCUT2D eigenvalue weighted by Gasteiger charge is 2.15. The Morgan fingerprint density at radius 3 is 2.62 bits per heavy atom. The molecular formula is C18H20O3. The van der Waals surface area contributed by atoms with Crippen molar-refractivity contribution in [3.8, 4) is 11.5 Å². The van der Waals surface area contributed by atoms with Crippen LogP contribution in [0.3, 0.4) is 0 Å². The summed E-state index contributed by atoms with van der Waals surface area (Å²) in [6, 6.07) is 14.3. The predicted molar refractivity (Wildman–Crippen MR) is 82.1 cm³/mol. The third kappa shape index (κ3) is 3.19. The zero-order chi connectivity index (χ0) is 14.7. The molecule has 1 N–H and O–H groups in total. The predicted octanol–water partition coefficient (Wildman–Crippen LogP) is 3.08. The van der Waals surface area contributed by atoms with Gasteiger partial charge >= 0.3 is 0 Å². The first kappa shape index (κ1) is 14.0. The second kappa shape index (κ2) is 6.19. The average Bonchev–Trinajstić information content (AvgIpc) is 2.52. The van der Waals surface area contributed by atoms with Crippen LogP contribution >= 0.6 is 0 Å². The summed E-state index contributed by atoms with van der Waals surface area (Å²) in [5.74, 6) is 1.72. The molecule has 0 spiro atoms. The van der Waals surface area contributed by atoms with Crippen LogP contribution in [0, 0.1) is 6.92 Å². The molecule has 110 valence electrons. The Morgan fingerprint density at radius 1 is 1.05 bits per heavy atom. The van der Waals surface area contributed by atoms with E-state index < -0.39 is 0 Å². The maximum atomic E-state index is 9.71. The van der Waals surface area contributed by atoms with Crippen LogP contribution in [0.4, 0.5) is 0 Å². The van der Waals surface area contributed by atoms with E-state index >= 15 is 0 Å². The first-order valence-corrected chi connectivity index (χ1v) is 7.32. The lowest BCUT2D eigenvalue weighted by Gasteiger charge is -2.20. The van der Waals surface area contributed by atoms with Crippen molar-refractivity contribution in [1.29, 1.82) is 0 Å². The summed E-state index contributed by atoms with van der Waals surface area (Å²) in [7, 11) is 0. The molecule has 0 fully saturated rings. The Kier molecular flexibility index (Phi) is 4.11. The highest BCUT2D eigenvalue weighted by molar-refractivity contribution is 5.44. The van der Waals surface area contributed by atoms with E-state index in [1.807, 2.05) is 24.3 Å². The highest BCUT2D eigenvalue weighted by atomic mass is 16.6. The molecule has 1 atom stereocenters. The molecule has 2 aromatic carbocycles. The molecule has 1 aliphatic heterocycles. The van der Waals surface area contributed by atoms with Gasteiger partial charge in [0.05, 0.1) is 6.61 Å². The van der Waals surface area contributed by atoms with Gasteiger partial charge in [-0.15, -0.1) is 0 Å². The van der Waals surface area contributed by atoms with Crippen LogP contribution in [0.5, 0.6) is 11.5 Å². The van der Waals surface area contributed by atoms with E-state index in [0.717, 1.165) is 23.5 Å². The molecule has 0 amide bonds. The first-order chi connectivity index (χ1) is 10.3. The molecule has 3 heteroatoms. The van der Waals surface area contributed by atoms with Crippen molar-refractivity contribution in [3.05, 3.63) is 59.2 Å². The van der Waals surface area contributed by atoms with Gasteiger partial charge in [-0.25, -0.2) is 0 Å². The summed E-state index contributed by atoms with van der Waals surface area (Å²) in [6.45, 7) is 3.41. The summed E-state index contributed by atoms with van der Waals surface area (Å²) >= 11 is 0. The monoisotopic (exact) mass is 284 g/mol. The van der Waals surface area contributed by atoms with E-state index in [9.17, 15) is 5.11 Å². The largest absolute Gasteiger partial charge is 0.486 e. The van der Waals surface area contributed by atoms with Gasteiger partial charge in [0.15, 0.2) is 11.5 Å². The van der Waals surface area contributed by atoms with E-state index in [-0.39, 0.29) is 12.5 Å². The van der Waals surface area contributed by atoms with Gasteiger partial charge in [0.25, 0.3) is 0 Å². The van der Waals surface area contributed by atoms with Crippen LogP contribution in [-0.4, -0.2) is 24.9 Å². The molecule has 0 aromatic heterocycles. The standard InChI is InChI=1S/C18H20O3/c1-13-3-2-4-15(9-13)16(12-19)10-14-5-6-17-18(11-14)21-8-7-20-17/h2-6,9,11,16,19H,7-8,10,12H2,1H3. The smallest absolute Gasteiger partial charge is 0.161 e. The van der Waals surface area contributed by atoms with Gasteiger partial charge in [-0.2, -0.15) is 0 Å². The van der Waals surface area contributed by atoms with E-state index in [2.05, 4.69) is 25.1 Å². The van der Waals surface area contributed by atoms with Gasteiger partial charge in [0, 0.05) is 5.92 Å². The number of rotatable bonds is 4. The van der Waals surface area contributed by atoms with Crippen LogP contribution in [-0.2, 0) is 6.42 Å². The number of fused-ring (bicyclic) bond motifs is 1. The van der Waals surface area contributed by atoms with Crippen molar-refractivity contribution < 1.29 is 14.6 Å². The molecule has 1 aliphatic rings. The molecule has 2 aromatic rings. The van der Waals surface area contributed by atoms with Gasteiger partial charge in [-0.1, -0.05) is 35.9 Å². The molecule has 21 heavy (non-hydrogen) atoms. The van der Waals surface area contributed by atoms with Gasteiger partial charge in [0.2, 0.25) is 0 Å². The second-order valence-corrected chi connectivity index (χ2v) is 5.48. The summed E-state index contributed by atoms with van der Waals surface area (Å²) in [5, 5.41) is 9.71. The Labute approximate surface area is 125 Å². The van der Waals surface area contributed by atoms with Crippen LogP contribution in [0.1, 0.15) is 22.6 Å². The number of aliphatic hydroxyl groups is 1. The Bertz CT molecular complexity index is 622. The van der Waals surface area contributed by atoms with Crippen molar-refractivity contribution in [1.82, 2.24) is 0 Å². The quantitative estimate of drug-likeness (QED) is 0.937. The summed E-state index contributed by atoms with van der Waals surface area (Å²) in [4.78, 5) is 0. The maximum Gasteiger partial charge on any atom is 0.161 e. The van der Waals surface area contributed by atoms with Crippen LogP contribution in [0.2, 0.25) is 0 Å². The van der Waals surface area contributed by atoms with Crippen LogP contribution in [0.15, 0.2) is 42.5 Å². The molecule has 3 rings (SSSR count). The van der Waals surface area contributed by atoms with Gasteiger partial charge < -0.3 is 14.6 Å². The first-order valence-electron chi connectivity index (χ1n) is 7.32. The minimum Gasteiger partial charge on any atom is -0.486 e. The number of aryl methyl sites for hydroxylation is 1. The normalized spacial score (nSPS) is 14.8. The fraction of sp³-hybridized carbons (Fsp3) is 0.333. The maximum absolute atomic E-state index is 9.71. The lowest BCUT2D eigenvalue weighted by atomic mass is 9.91. The third-order valence-corrected chi connectivity index (χ3v) is 3.82. The highest BCUT2D eigenvalue weighted by Crippen LogP contribution is 2.32. The Hall–Kier alpha value is -2.00. The molecule has 0 aliphatic carbocycles. The lowest BCUT2D eigenvalue weighted by Crippen LogP contribution is -2.15. The van der Waals surface area contributed by atoms with Crippen molar-refractivity contribution in [2.45, 2.75) is 19.3 Å². The number of ether oxygens (including phenoxy) is 2. The van der Waals surface area contributed by atoms with E-state index in [4.69, 9.17) is 9.47 Å². The summed E-state index contributed by atoms with van der Waals surface area (Å²) in [6.07, 6.45) is 0.788. The van der Waals surface area contributed by atoms with Crippen LogP contribution in [0.25, 0.3) is 0 Å². The molecule has 0 radical (unpaired) electrons. The van der Waals surface area contributed by atoms with Gasteiger partial charge in [0.1, 0.15) is 13.2 Å². The molecular weight excluding hydrogens is 264 g/mol. The van der Waals surface area contributed by atoms with Crippen LogP contribution < -0.4 is 9.47 Å². The van der Waals surface area contributed by atoms with Crippen molar-refractivity contribution >= 4 is 0 Å². The molecule has 1 unspecified atom stereocenters. The number of hydrogen-bond donors (Lipinski definition) is 1. The van der Waals surface area contributed by atoms with Gasteiger partial charge in [-0.05, 0) is 36.6 Å². The van der Waals surface area contributed by atoms with Gasteiger partial charge in [-0.3, -0.25) is 0 Å². The van der Waals surface area contributed by atoms with E-state index in [0.29, 0.717) is 13.2 Å². The third-order valence-electron chi connectivity index (χ3n) is 3.82. The minimum atomic E-state index is 0.104. The number of aliphatic hydroxyl groups excluding tert-OH is 1. The summed E-state index contributed by atoms with van der Waals surface area (Å²) < 4.78 is 11.2. The van der Waals surface area contributed by atoms with Crippen molar-refractivity contribution in [2.24, 2.45) is 0 Å². The van der Waals surface area contributed by atoms with E-state index in [1.54, 1.807) is 0 Å². The zero-order valence-corrected chi connectivity index (χ0v) is 12.2. The summed E-state index contributed by atoms with van der Waals surface area (Å²) in [5.41, 5.74) is 3.54. The fourth-order valence-corrected chi connectivity index (χ4v) is 2.71. The number of benzene rings is 2. The molecule has 1 heterocycles. The molecule has 0 saturated carbocycles. The Morgan fingerprint density at radius 2 is 1.86 bits per heavy atom. The fourth-order valence-electron chi connectivity index (χ4n) is 2.71. The molecule has 3 nitrogen and oxygen atoms in total. The lowest BCUT2D eigenvalue weighted by molar-refractivity contribution is 0.171.